The van der Waals surface area contributed by atoms with E-state index in [0.29, 0.717) is 11.6 Å². The van der Waals surface area contributed by atoms with Gasteiger partial charge in [-0.25, -0.2) is 4.79 Å². The van der Waals surface area contributed by atoms with Crippen molar-refractivity contribution >= 4 is 45.2 Å². The van der Waals surface area contributed by atoms with E-state index in [4.69, 9.17) is 5.11 Å². The van der Waals surface area contributed by atoms with Crippen LogP contribution in [0.4, 0.5) is 0 Å². The monoisotopic (exact) mass is 379 g/mol. The molecule has 1 aliphatic rings. The van der Waals surface area contributed by atoms with Crippen LogP contribution >= 0.6 is 33.3 Å². The smallest absolute Gasteiger partial charge is 0.327 e. The SMILES string of the molecule is CCCCCCCCSSC[C@@H](C)C(=O)N1CSC[C@H]1C(=O)O. The maximum absolute atomic E-state index is 12.4. The number of aliphatic carboxylic acids is 1. The first kappa shape index (κ1) is 21.0. The van der Waals surface area contributed by atoms with E-state index in [1.54, 1.807) is 10.8 Å². The van der Waals surface area contributed by atoms with E-state index >= 15 is 0 Å². The largest absolute Gasteiger partial charge is 0.480 e. The van der Waals surface area contributed by atoms with Gasteiger partial charge in [0.25, 0.3) is 0 Å². The maximum Gasteiger partial charge on any atom is 0.327 e. The summed E-state index contributed by atoms with van der Waals surface area (Å²) in [5, 5.41) is 9.15. The summed E-state index contributed by atoms with van der Waals surface area (Å²) in [6, 6.07) is -0.643. The third kappa shape index (κ3) is 8.07. The maximum atomic E-state index is 12.4. The van der Waals surface area contributed by atoms with Gasteiger partial charge in [-0.2, -0.15) is 0 Å². The van der Waals surface area contributed by atoms with Crippen molar-refractivity contribution in [3.63, 3.8) is 0 Å². The molecular weight excluding hydrogens is 350 g/mol. The van der Waals surface area contributed by atoms with Crippen LogP contribution in [0, 0.1) is 5.92 Å². The van der Waals surface area contributed by atoms with Gasteiger partial charge in [0.2, 0.25) is 5.91 Å². The number of hydrogen-bond donors (Lipinski definition) is 1. The van der Waals surface area contributed by atoms with Crippen molar-refractivity contribution in [1.82, 2.24) is 4.90 Å². The Balaban J connectivity index is 2.10. The van der Waals surface area contributed by atoms with Crippen molar-refractivity contribution < 1.29 is 14.7 Å². The number of carboxylic acid groups (broad SMARTS) is 1. The summed E-state index contributed by atoms with van der Waals surface area (Å²) in [7, 11) is 3.58. The Morgan fingerprint density at radius 2 is 1.91 bits per heavy atom. The van der Waals surface area contributed by atoms with E-state index in [2.05, 4.69) is 6.92 Å². The number of amides is 1. The molecule has 7 heteroatoms. The number of unbranched alkanes of at least 4 members (excludes halogenated alkanes) is 5. The zero-order valence-corrected chi connectivity index (χ0v) is 16.6. The van der Waals surface area contributed by atoms with Crippen LogP contribution in [-0.4, -0.2) is 51.1 Å². The number of rotatable bonds is 12. The summed E-state index contributed by atoms with van der Waals surface area (Å²) in [6.45, 7) is 4.14. The lowest BCUT2D eigenvalue weighted by molar-refractivity contribution is -0.148. The Morgan fingerprint density at radius 3 is 2.61 bits per heavy atom. The van der Waals surface area contributed by atoms with Gasteiger partial charge in [-0.1, -0.05) is 67.5 Å². The molecule has 1 heterocycles. The average molecular weight is 380 g/mol. The highest BCUT2D eigenvalue weighted by molar-refractivity contribution is 8.76. The van der Waals surface area contributed by atoms with Crippen molar-refractivity contribution in [1.29, 1.82) is 0 Å². The van der Waals surface area contributed by atoms with E-state index in [1.165, 1.54) is 55.2 Å². The van der Waals surface area contributed by atoms with Crippen LogP contribution in [0.2, 0.25) is 0 Å². The normalized spacial score (nSPS) is 19.0. The van der Waals surface area contributed by atoms with Crippen molar-refractivity contribution in [3.05, 3.63) is 0 Å². The first-order valence-electron chi connectivity index (χ1n) is 8.43. The molecule has 1 fully saturated rings. The number of thioether (sulfide) groups is 1. The predicted molar refractivity (Wildman–Crippen MR) is 103 cm³/mol. The fraction of sp³-hybridized carbons (Fsp3) is 0.875. The van der Waals surface area contributed by atoms with E-state index in [1.807, 2.05) is 17.7 Å². The number of carboxylic acids is 1. The molecule has 0 aromatic carbocycles. The predicted octanol–water partition coefficient (Wildman–Crippen LogP) is 4.35. The van der Waals surface area contributed by atoms with Gasteiger partial charge in [0.15, 0.2) is 0 Å². The highest BCUT2D eigenvalue weighted by atomic mass is 33.1. The standard InChI is InChI=1S/C16H29NO3S3/c1-3-4-5-6-7-8-9-22-23-10-13(2)15(18)17-12-21-11-14(17)16(19)20/h13-14H,3-12H2,1-2H3,(H,19,20)/t13-,14+/m1/s1. The molecule has 23 heavy (non-hydrogen) atoms. The molecule has 0 spiro atoms. The molecule has 2 atom stereocenters. The number of nitrogens with zero attached hydrogens (tertiary/aromatic N) is 1. The number of carbonyl (C=O) groups is 2. The van der Waals surface area contributed by atoms with Crippen LogP contribution in [0.3, 0.4) is 0 Å². The second-order valence-corrected chi connectivity index (χ2v) is 9.56. The lowest BCUT2D eigenvalue weighted by atomic mass is 10.1. The van der Waals surface area contributed by atoms with Crippen LogP contribution < -0.4 is 0 Å². The molecule has 0 radical (unpaired) electrons. The Morgan fingerprint density at radius 1 is 1.22 bits per heavy atom. The van der Waals surface area contributed by atoms with Gasteiger partial charge in [-0.05, 0) is 6.42 Å². The van der Waals surface area contributed by atoms with Gasteiger partial charge >= 0.3 is 5.97 Å². The Hall–Kier alpha value is -0.0100. The van der Waals surface area contributed by atoms with Gasteiger partial charge in [-0.15, -0.1) is 11.8 Å². The average Bonchev–Trinajstić information content (AvgIpc) is 3.02. The van der Waals surface area contributed by atoms with Crippen LogP contribution in [0.1, 0.15) is 52.4 Å². The van der Waals surface area contributed by atoms with Gasteiger partial charge in [0.1, 0.15) is 6.04 Å². The Bertz CT molecular complexity index is 368. The van der Waals surface area contributed by atoms with Crippen molar-refractivity contribution in [2.75, 3.05) is 23.1 Å². The molecule has 1 amide bonds. The van der Waals surface area contributed by atoms with Gasteiger partial charge < -0.3 is 10.0 Å². The second-order valence-electron chi connectivity index (χ2n) is 5.94. The highest BCUT2D eigenvalue weighted by Gasteiger charge is 2.36. The molecule has 0 aliphatic carbocycles. The lowest BCUT2D eigenvalue weighted by Crippen LogP contribution is -2.44. The quantitative estimate of drug-likeness (QED) is 0.402. The molecule has 0 unspecified atom stereocenters. The summed E-state index contributed by atoms with van der Waals surface area (Å²) in [5.41, 5.74) is 0. The first-order chi connectivity index (χ1) is 11.1. The van der Waals surface area contributed by atoms with E-state index < -0.39 is 12.0 Å². The van der Waals surface area contributed by atoms with Crippen molar-refractivity contribution in [3.8, 4) is 0 Å². The van der Waals surface area contributed by atoms with E-state index in [0.717, 1.165) is 11.5 Å². The molecular formula is C16H29NO3S3. The molecule has 1 N–H and O–H groups in total. The minimum Gasteiger partial charge on any atom is -0.480 e. The summed E-state index contributed by atoms with van der Waals surface area (Å²) < 4.78 is 0. The minimum atomic E-state index is -0.888. The van der Waals surface area contributed by atoms with Crippen molar-refractivity contribution in [2.24, 2.45) is 5.92 Å². The third-order valence-corrected chi connectivity index (χ3v) is 7.53. The Kier molecular flexibility index (Phi) is 11.3. The molecule has 134 valence electrons. The molecule has 1 aliphatic heterocycles. The molecule has 0 bridgehead atoms. The van der Waals surface area contributed by atoms with Gasteiger partial charge in [0, 0.05) is 23.2 Å². The zero-order valence-electron chi connectivity index (χ0n) is 14.2. The summed E-state index contributed by atoms with van der Waals surface area (Å²) in [6.07, 6.45) is 7.85. The Labute approximate surface area is 152 Å². The topological polar surface area (TPSA) is 57.6 Å². The second kappa shape index (κ2) is 12.4. The minimum absolute atomic E-state index is 0.0185. The third-order valence-electron chi connectivity index (χ3n) is 3.85. The first-order valence-corrected chi connectivity index (χ1v) is 12.1. The number of carbonyl (C=O) groups excluding carboxylic acids is 1. The van der Waals surface area contributed by atoms with Crippen LogP contribution in [0.5, 0.6) is 0 Å². The van der Waals surface area contributed by atoms with Gasteiger partial charge in [0.05, 0.1) is 5.88 Å². The fourth-order valence-electron chi connectivity index (χ4n) is 2.37. The summed E-state index contributed by atoms with van der Waals surface area (Å²) in [4.78, 5) is 25.0. The van der Waals surface area contributed by atoms with E-state index in [9.17, 15) is 9.59 Å². The molecule has 1 saturated heterocycles. The van der Waals surface area contributed by atoms with E-state index in [-0.39, 0.29) is 11.8 Å². The lowest BCUT2D eigenvalue weighted by Gasteiger charge is -2.23. The van der Waals surface area contributed by atoms with Crippen LogP contribution in [-0.2, 0) is 9.59 Å². The zero-order chi connectivity index (χ0) is 17.1. The molecule has 0 aromatic heterocycles. The van der Waals surface area contributed by atoms with Gasteiger partial charge in [-0.3, -0.25) is 4.79 Å². The summed E-state index contributed by atoms with van der Waals surface area (Å²) in [5.74, 6) is 1.89. The molecule has 1 rings (SSSR count). The fourth-order valence-corrected chi connectivity index (χ4v) is 6.02. The van der Waals surface area contributed by atoms with Crippen molar-refractivity contribution in [2.45, 2.75) is 58.4 Å². The highest BCUT2D eigenvalue weighted by Crippen LogP contribution is 2.28. The van der Waals surface area contributed by atoms with Crippen LogP contribution in [0.25, 0.3) is 0 Å². The van der Waals surface area contributed by atoms with Crippen LogP contribution in [0.15, 0.2) is 0 Å². The molecule has 4 nitrogen and oxygen atoms in total. The summed E-state index contributed by atoms with van der Waals surface area (Å²) >= 11 is 1.52. The molecule has 0 aromatic rings. The number of hydrogen-bond acceptors (Lipinski definition) is 5. The molecule has 0 saturated carbocycles.